The summed E-state index contributed by atoms with van der Waals surface area (Å²) >= 11 is 4.96. The highest BCUT2D eigenvalue weighted by atomic mass is 79.9. The lowest BCUT2D eigenvalue weighted by atomic mass is 10.1. The number of imidazole rings is 1. The Balaban J connectivity index is 1.48. The second kappa shape index (κ2) is 8.36. The Kier molecular flexibility index (Phi) is 5.94. The van der Waals surface area contributed by atoms with E-state index >= 15 is 0 Å². The van der Waals surface area contributed by atoms with E-state index in [0.717, 1.165) is 26.6 Å². The lowest BCUT2D eigenvalue weighted by molar-refractivity contribution is 0.0956. The van der Waals surface area contributed by atoms with Gasteiger partial charge in [0.05, 0.1) is 11.9 Å². The van der Waals surface area contributed by atoms with E-state index < -0.39 is 0 Å². The molecule has 0 bridgehead atoms. The molecule has 0 unspecified atom stereocenters. The smallest absolute Gasteiger partial charge is 0.251 e. The molecule has 1 heterocycles. The van der Waals surface area contributed by atoms with Crippen LogP contribution < -0.4 is 5.32 Å². The van der Waals surface area contributed by atoms with E-state index in [-0.39, 0.29) is 5.91 Å². The van der Waals surface area contributed by atoms with E-state index in [1.807, 2.05) is 24.4 Å². The molecule has 0 fully saturated rings. The molecule has 1 amide bonds. The monoisotopic (exact) mass is 415 g/mol. The van der Waals surface area contributed by atoms with Gasteiger partial charge in [0.25, 0.3) is 5.91 Å². The van der Waals surface area contributed by atoms with Crippen LogP contribution in [-0.2, 0) is 0 Å². The SMILES string of the molecule is Cc1ccc(-c2cnc(SCCNC(=O)c3cccc(Br)c3)[nH]2)cc1. The predicted octanol–water partition coefficient (Wildman–Crippen LogP) is 4.67. The Labute approximate surface area is 159 Å². The summed E-state index contributed by atoms with van der Waals surface area (Å²) in [6, 6.07) is 15.7. The van der Waals surface area contributed by atoms with Crippen molar-refractivity contribution in [2.24, 2.45) is 0 Å². The summed E-state index contributed by atoms with van der Waals surface area (Å²) in [6.45, 7) is 2.65. The van der Waals surface area contributed by atoms with Gasteiger partial charge in [-0.05, 0) is 30.7 Å². The van der Waals surface area contributed by atoms with E-state index in [0.29, 0.717) is 12.1 Å². The quantitative estimate of drug-likeness (QED) is 0.454. The number of H-pyrrole nitrogens is 1. The van der Waals surface area contributed by atoms with E-state index in [1.165, 1.54) is 5.56 Å². The Morgan fingerprint density at radius 3 is 2.80 bits per heavy atom. The van der Waals surface area contributed by atoms with Crippen molar-refractivity contribution in [2.75, 3.05) is 12.3 Å². The van der Waals surface area contributed by atoms with Crippen LogP contribution in [0.4, 0.5) is 0 Å². The highest BCUT2D eigenvalue weighted by molar-refractivity contribution is 9.10. The molecule has 0 radical (unpaired) electrons. The van der Waals surface area contributed by atoms with Gasteiger partial charge in [-0.25, -0.2) is 4.98 Å². The first kappa shape index (κ1) is 17.8. The van der Waals surface area contributed by atoms with Gasteiger partial charge in [0.15, 0.2) is 5.16 Å². The molecule has 0 spiro atoms. The summed E-state index contributed by atoms with van der Waals surface area (Å²) in [5, 5.41) is 3.77. The van der Waals surface area contributed by atoms with Crippen LogP contribution in [0, 0.1) is 6.92 Å². The summed E-state index contributed by atoms with van der Waals surface area (Å²) in [5.74, 6) is 0.683. The highest BCUT2D eigenvalue weighted by Crippen LogP contribution is 2.21. The molecule has 0 saturated heterocycles. The van der Waals surface area contributed by atoms with Crippen molar-refractivity contribution in [1.29, 1.82) is 0 Å². The van der Waals surface area contributed by atoms with Crippen LogP contribution in [0.25, 0.3) is 11.3 Å². The van der Waals surface area contributed by atoms with Crippen LogP contribution in [0.2, 0.25) is 0 Å². The molecule has 2 N–H and O–H groups in total. The number of nitrogens with one attached hydrogen (secondary N) is 2. The number of carbonyl (C=O) groups excluding carboxylic acids is 1. The fourth-order valence-corrected chi connectivity index (χ4v) is 3.41. The van der Waals surface area contributed by atoms with Crippen LogP contribution in [0.1, 0.15) is 15.9 Å². The minimum Gasteiger partial charge on any atom is -0.351 e. The van der Waals surface area contributed by atoms with Crippen LogP contribution >= 0.6 is 27.7 Å². The Morgan fingerprint density at radius 1 is 1.24 bits per heavy atom. The van der Waals surface area contributed by atoms with Crippen LogP contribution in [0.5, 0.6) is 0 Å². The third-order valence-corrected chi connectivity index (χ3v) is 5.01. The number of hydrogen-bond donors (Lipinski definition) is 2. The van der Waals surface area contributed by atoms with Gasteiger partial charge >= 0.3 is 0 Å². The number of benzene rings is 2. The minimum absolute atomic E-state index is 0.0679. The summed E-state index contributed by atoms with van der Waals surface area (Å²) < 4.78 is 0.897. The van der Waals surface area contributed by atoms with Gasteiger partial charge in [-0.15, -0.1) is 0 Å². The third-order valence-electron chi connectivity index (χ3n) is 3.63. The number of amides is 1. The molecule has 0 aliphatic heterocycles. The Hall–Kier alpha value is -2.05. The number of halogens is 1. The van der Waals surface area contributed by atoms with E-state index in [1.54, 1.807) is 17.8 Å². The molecule has 3 rings (SSSR count). The van der Waals surface area contributed by atoms with Crippen molar-refractivity contribution in [2.45, 2.75) is 12.1 Å². The van der Waals surface area contributed by atoms with E-state index in [4.69, 9.17) is 0 Å². The second-order valence-corrected chi connectivity index (χ2v) is 7.58. The third kappa shape index (κ3) is 4.96. The van der Waals surface area contributed by atoms with Crippen molar-refractivity contribution in [3.05, 3.63) is 70.3 Å². The molecule has 3 aromatic rings. The molecule has 0 aliphatic rings. The molecule has 1 aromatic heterocycles. The van der Waals surface area contributed by atoms with E-state index in [9.17, 15) is 4.79 Å². The van der Waals surface area contributed by atoms with Crippen LogP contribution in [-0.4, -0.2) is 28.2 Å². The number of rotatable bonds is 6. The predicted molar refractivity (Wildman–Crippen MR) is 106 cm³/mol. The number of aryl methyl sites for hydroxylation is 1. The average Bonchev–Trinajstić information content (AvgIpc) is 3.08. The Bertz CT molecular complexity index is 861. The number of carbonyl (C=O) groups is 1. The molecule has 2 aromatic carbocycles. The molecular formula is C19H18BrN3OS. The summed E-state index contributed by atoms with van der Waals surface area (Å²) in [5.41, 5.74) is 4.01. The van der Waals surface area contributed by atoms with Crippen molar-refractivity contribution in [3.63, 3.8) is 0 Å². The number of aromatic amines is 1. The first-order chi connectivity index (χ1) is 12.1. The summed E-state index contributed by atoms with van der Waals surface area (Å²) in [7, 11) is 0. The highest BCUT2D eigenvalue weighted by Gasteiger charge is 2.06. The van der Waals surface area contributed by atoms with Crippen LogP contribution in [0.3, 0.4) is 0 Å². The zero-order valence-corrected chi connectivity index (χ0v) is 16.2. The summed E-state index contributed by atoms with van der Waals surface area (Å²) in [6.07, 6.45) is 1.84. The first-order valence-corrected chi connectivity index (χ1v) is 9.68. The van der Waals surface area contributed by atoms with Gasteiger partial charge in [0, 0.05) is 22.3 Å². The molecule has 0 saturated carbocycles. The van der Waals surface area contributed by atoms with Gasteiger partial charge in [-0.2, -0.15) is 0 Å². The van der Waals surface area contributed by atoms with E-state index in [2.05, 4.69) is 62.4 Å². The van der Waals surface area contributed by atoms with Gasteiger partial charge in [-0.3, -0.25) is 4.79 Å². The number of thioether (sulfide) groups is 1. The maximum Gasteiger partial charge on any atom is 0.251 e. The fraction of sp³-hybridized carbons (Fsp3) is 0.158. The average molecular weight is 416 g/mol. The maximum atomic E-state index is 12.1. The zero-order valence-electron chi connectivity index (χ0n) is 13.8. The molecule has 128 valence electrons. The topological polar surface area (TPSA) is 57.8 Å². The first-order valence-electron chi connectivity index (χ1n) is 7.90. The molecule has 0 aliphatic carbocycles. The molecule has 25 heavy (non-hydrogen) atoms. The minimum atomic E-state index is -0.0679. The largest absolute Gasteiger partial charge is 0.351 e. The zero-order chi connectivity index (χ0) is 17.6. The van der Waals surface area contributed by atoms with Gasteiger partial charge in [-0.1, -0.05) is 63.6 Å². The molecule has 6 heteroatoms. The molecular weight excluding hydrogens is 398 g/mol. The standard InChI is InChI=1S/C19H18BrN3OS/c1-13-5-7-14(8-6-13)17-12-22-19(23-17)25-10-9-21-18(24)15-3-2-4-16(20)11-15/h2-8,11-12H,9-10H2,1H3,(H,21,24)(H,22,23). The number of aromatic nitrogens is 2. The maximum absolute atomic E-state index is 12.1. The van der Waals surface area contributed by atoms with Gasteiger partial charge in [0.2, 0.25) is 0 Å². The van der Waals surface area contributed by atoms with Crippen molar-refractivity contribution < 1.29 is 4.79 Å². The lowest BCUT2D eigenvalue weighted by Gasteiger charge is -2.04. The number of hydrogen-bond acceptors (Lipinski definition) is 3. The van der Waals surface area contributed by atoms with Crippen molar-refractivity contribution in [3.8, 4) is 11.3 Å². The lowest BCUT2D eigenvalue weighted by Crippen LogP contribution is -2.25. The van der Waals surface area contributed by atoms with Crippen molar-refractivity contribution in [1.82, 2.24) is 15.3 Å². The fourth-order valence-electron chi connectivity index (χ4n) is 2.30. The summed E-state index contributed by atoms with van der Waals surface area (Å²) in [4.78, 5) is 19.8. The second-order valence-electron chi connectivity index (χ2n) is 5.58. The van der Waals surface area contributed by atoms with Crippen LogP contribution in [0.15, 0.2) is 64.4 Å². The number of nitrogens with zero attached hydrogens (tertiary/aromatic N) is 1. The molecule has 4 nitrogen and oxygen atoms in total. The molecule has 0 atom stereocenters. The van der Waals surface area contributed by atoms with Gasteiger partial charge in [0.1, 0.15) is 0 Å². The van der Waals surface area contributed by atoms with Gasteiger partial charge < -0.3 is 10.3 Å². The Morgan fingerprint density at radius 2 is 2.04 bits per heavy atom. The van der Waals surface area contributed by atoms with Crippen molar-refractivity contribution >= 4 is 33.6 Å². The normalized spacial score (nSPS) is 10.6.